The highest BCUT2D eigenvalue weighted by Crippen LogP contribution is 2.21. The molecule has 0 aliphatic carbocycles. The van der Waals surface area contributed by atoms with Crippen molar-refractivity contribution in [2.45, 2.75) is 11.7 Å². The molecule has 102 valence electrons. The maximum atomic E-state index is 4.44. The van der Waals surface area contributed by atoms with Crippen molar-refractivity contribution in [3.05, 3.63) is 40.8 Å². The largest absolute Gasteiger partial charge is 0.348 e. The van der Waals surface area contributed by atoms with E-state index in [1.54, 1.807) is 16.9 Å². The van der Waals surface area contributed by atoms with Crippen molar-refractivity contribution in [1.82, 2.24) is 24.6 Å². The number of aromatic nitrogens is 5. The predicted octanol–water partition coefficient (Wildman–Crippen LogP) is 2.62. The highest BCUT2D eigenvalue weighted by molar-refractivity contribution is 9.10. The zero-order valence-electron chi connectivity index (χ0n) is 10.6. The van der Waals surface area contributed by atoms with Gasteiger partial charge in [-0.25, -0.2) is 4.98 Å². The van der Waals surface area contributed by atoms with E-state index in [1.807, 2.05) is 24.5 Å². The number of thioether (sulfide) groups is 1. The Morgan fingerprint density at radius 1 is 1.35 bits per heavy atom. The molecule has 0 aliphatic heterocycles. The minimum atomic E-state index is 0.582. The fraction of sp³-hybridized carbons (Fsp3) is 0.167. The highest BCUT2D eigenvalue weighted by Gasteiger charge is 2.11. The molecule has 0 amide bonds. The molecule has 3 aromatic heterocycles. The first-order valence-electron chi connectivity index (χ1n) is 5.87. The fourth-order valence-electron chi connectivity index (χ4n) is 1.71. The first-order chi connectivity index (χ1) is 9.78. The van der Waals surface area contributed by atoms with E-state index in [1.165, 1.54) is 11.8 Å². The molecule has 0 bridgehead atoms. The topological polar surface area (TPSA) is 68.0 Å². The number of nitrogens with one attached hydrogen (secondary N) is 1. The van der Waals surface area contributed by atoms with Gasteiger partial charge in [0.25, 0.3) is 0 Å². The van der Waals surface area contributed by atoms with Gasteiger partial charge in [0.2, 0.25) is 5.95 Å². The molecule has 8 heteroatoms. The van der Waals surface area contributed by atoms with Crippen LogP contribution < -0.4 is 5.32 Å². The lowest BCUT2D eigenvalue weighted by Gasteiger charge is -2.08. The Morgan fingerprint density at radius 3 is 3.00 bits per heavy atom. The number of pyridine rings is 1. The predicted molar refractivity (Wildman–Crippen MR) is 81.8 cm³/mol. The van der Waals surface area contributed by atoms with Crippen LogP contribution in [0.5, 0.6) is 0 Å². The van der Waals surface area contributed by atoms with Crippen molar-refractivity contribution in [1.29, 1.82) is 0 Å². The van der Waals surface area contributed by atoms with Gasteiger partial charge in [0.05, 0.1) is 22.9 Å². The normalized spacial score (nSPS) is 10.9. The van der Waals surface area contributed by atoms with Gasteiger partial charge in [-0.1, -0.05) is 17.8 Å². The summed E-state index contributed by atoms with van der Waals surface area (Å²) in [5.74, 6) is 0.649. The number of fused-ring (bicyclic) bond motifs is 1. The minimum Gasteiger partial charge on any atom is -0.348 e. The van der Waals surface area contributed by atoms with Crippen LogP contribution >= 0.6 is 27.7 Å². The Bertz CT molecular complexity index is 729. The van der Waals surface area contributed by atoms with E-state index in [2.05, 4.69) is 41.3 Å². The van der Waals surface area contributed by atoms with E-state index in [4.69, 9.17) is 0 Å². The smallest absolute Gasteiger partial charge is 0.228 e. The van der Waals surface area contributed by atoms with E-state index in [0.29, 0.717) is 17.6 Å². The molecule has 20 heavy (non-hydrogen) atoms. The third-order valence-corrected chi connectivity index (χ3v) is 3.75. The molecule has 6 nitrogen and oxygen atoms in total. The summed E-state index contributed by atoms with van der Waals surface area (Å²) >= 11 is 4.93. The lowest BCUT2D eigenvalue weighted by Crippen LogP contribution is -2.10. The van der Waals surface area contributed by atoms with Gasteiger partial charge in [-0.05, 0) is 34.3 Å². The second-order valence-corrected chi connectivity index (χ2v) is 5.56. The summed E-state index contributed by atoms with van der Waals surface area (Å²) < 4.78 is 2.52. The monoisotopic (exact) mass is 350 g/mol. The molecule has 0 atom stereocenters. The molecule has 3 rings (SSSR count). The lowest BCUT2D eigenvalue weighted by molar-refractivity contribution is 0.827. The molecule has 0 spiro atoms. The summed E-state index contributed by atoms with van der Waals surface area (Å²) in [4.78, 5) is 13.1. The summed E-state index contributed by atoms with van der Waals surface area (Å²) in [6, 6.07) is 5.81. The number of anilines is 1. The van der Waals surface area contributed by atoms with E-state index >= 15 is 0 Å². The third-order valence-electron chi connectivity index (χ3n) is 2.64. The number of hydrogen-bond donors (Lipinski definition) is 1. The minimum absolute atomic E-state index is 0.582. The second-order valence-electron chi connectivity index (χ2n) is 3.94. The number of nitrogens with zero attached hydrogens (tertiary/aromatic N) is 5. The van der Waals surface area contributed by atoms with Crippen LogP contribution in [0.25, 0.3) is 5.65 Å². The molecule has 0 saturated heterocycles. The van der Waals surface area contributed by atoms with Gasteiger partial charge in [0.1, 0.15) is 0 Å². The Hall–Kier alpha value is -1.67. The van der Waals surface area contributed by atoms with E-state index in [9.17, 15) is 0 Å². The maximum Gasteiger partial charge on any atom is 0.228 e. The van der Waals surface area contributed by atoms with Crippen molar-refractivity contribution in [3.8, 4) is 0 Å². The summed E-state index contributed by atoms with van der Waals surface area (Å²) in [5, 5.41) is 8.20. The highest BCUT2D eigenvalue weighted by atomic mass is 79.9. The van der Waals surface area contributed by atoms with Crippen LogP contribution in [0, 0.1) is 0 Å². The van der Waals surface area contributed by atoms with Gasteiger partial charge in [0.15, 0.2) is 10.8 Å². The Labute approximate surface area is 128 Å². The fourth-order valence-corrected chi connectivity index (χ4v) is 2.41. The summed E-state index contributed by atoms with van der Waals surface area (Å²) in [7, 11) is 0. The standard InChI is InChI=1S/C12H11BrN6S/c1-20-12-17-10-9(13)7-16-19(10)11(18-12)15-6-8-4-2-3-5-14-8/h2-5,7H,6H2,1H3,(H,15,17,18). The molecular formula is C12H11BrN6S. The van der Waals surface area contributed by atoms with E-state index in [-0.39, 0.29) is 0 Å². The first kappa shape index (κ1) is 13.3. The molecule has 0 fully saturated rings. The maximum absolute atomic E-state index is 4.44. The number of hydrogen-bond acceptors (Lipinski definition) is 6. The molecule has 0 aromatic carbocycles. The van der Waals surface area contributed by atoms with Crippen molar-refractivity contribution >= 4 is 39.3 Å². The number of rotatable bonds is 4. The van der Waals surface area contributed by atoms with Gasteiger partial charge in [-0.2, -0.15) is 14.6 Å². The van der Waals surface area contributed by atoms with Gasteiger partial charge in [0, 0.05) is 6.20 Å². The Kier molecular flexibility index (Phi) is 3.83. The van der Waals surface area contributed by atoms with Crippen LogP contribution in [0.2, 0.25) is 0 Å². The quantitative estimate of drug-likeness (QED) is 0.729. The van der Waals surface area contributed by atoms with Gasteiger partial charge < -0.3 is 5.32 Å². The molecule has 3 aromatic rings. The van der Waals surface area contributed by atoms with Crippen LogP contribution in [0.4, 0.5) is 5.95 Å². The summed E-state index contributed by atoms with van der Waals surface area (Å²) in [5.41, 5.74) is 1.68. The van der Waals surface area contributed by atoms with Gasteiger partial charge in [-0.3, -0.25) is 4.98 Å². The third kappa shape index (κ3) is 2.61. The van der Waals surface area contributed by atoms with Gasteiger partial charge >= 0.3 is 0 Å². The Balaban J connectivity index is 1.94. The van der Waals surface area contributed by atoms with Gasteiger partial charge in [-0.15, -0.1) is 0 Å². The second kappa shape index (κ2) is 5.76. The molecule has 0 saturated carbocycles. The SMILES string of the molecule is CSc1nc(NCc2ccccn2)n2ncc(Br)c2n1. The lowest BCUT2D eigenvalue weighted by atomic mass is 10.3. The molecule has 3 heterocycles. The van der Waals surface area contributed by atoms with Crippen molar-refractivity contribution in [3.63, 3.8) is 0 Å². The van der Waals surface area contributed by atoms with Crippen LogP contribution in [0.15, 0.2) is 40.2 Å². The molecular weight excluding hydrogens is 340 g/mol. The van der Waals surface area contributed by atoms with Crippen molar-refractivity contribution in [2.24, 2.45) is 0 Å². The average molecular weight is 351 g/mol. The summed E-state index contributed by atoms with van der Waals surface area (Å²) in [6.07, 6.45) is 5.42. The Morgan fingerprint density at radius 2 is 2.25 bits per heavy atom. The number of halogens is 1. The summed E-state index contributed by atoms with van der Waals surface area (Å²) in [6.45, 7) is 0.582. The van der Waals surface area contributed by atoms with Crippen LogP contribution in [-0.4, -0.2) is 30.8 Å². The van der Waals surface area contributed by atoms with E-state index in [0.717, 1.165) is 15.8 Å². The van der Waals surface area contributed by atoms with Crippen LogP contribution in [0.1, 0.15) is 5.69 Å². The zero-order valence-corrected chi connectivity index (χ0v) is 13.0. The molecule has 0 unspecified atom stereocenters. The average Bonchev–Trinajstić information content (AvgIpc) is 2.87. The molecule has 0 aliphatic rings. The van der Waals surface area contributed by atoms with Crippen LogP contribution in [-0.2, 0) is 6.54 Å². The van der Waals surface area contributed by atoms with Crippen molar-refractivity contribution in [2.75, 3.05) is 11.6 Å². The zero-order chi connectivity index (χ0) is 13.9. The van der Waals surface area contributed by atoms with E-state index < -0.39 is 0 Å². The van der Waals surface area contributed by atoms with Crippen molar-refractivity contribution < 1.29 is 0 Å². The molecule has 1 N–H and O–H groups in total. The van der Waals surface area contributed by atoms with Crippen LogP contribution in [0.3, 0.4) is 0 Å². The first-order valence-corrected chi connectivity index (χ1v) is 7.89. The molecule has 0 radical (unpaired) electrons.